The molecular formula is C9H9N2O2-. The molecule has 2 aliphatic heterocycles. The summed E-state index contributed by atoms with van der Waals surface area (Å²) in [5.41, 5.74) is 2.31. The lowest BCUT2D eigenvalue weighted by Crippen LogP contribution is -2.27. The van der Waals surface area contributed by atoms with Crippen LogP contribution in [-0.2, 0) is 4.79 Å². The van der Waals surface area contributed by atoms with E-state index in [2.05, 4.69) is 5.32 Å². The molecule has 0 fully saturated rings. The average molecular weight is 177 g/mol. The zero-order valence-electron chi connectivity index (χ0n) is 6.99. The molecule has 2 rings (SSSR count). The number of fused-ring (bicyclic) bond motifs is 1. The standard InChI is InChI=1S/C9H9N2O2/c12-6-8-2-1-7-3-4-11(13)5-9(7)10-8/h1-2,5-6,10H,3-4H2/q-1. The van der Waals surface area contributed by atoms with Crippen molar-refractivity contribution in [1.82, 2.24) is 10.4 Å². The summed E-state index contributed by atoms with van der Waals surface area (Å²) in [6.45, 7) is 0.487. The molecule has 0 aromatic rings. The SMILES string of the molecule is O=CC1=CC=C2CCN([O-])C=C2N1. The lowest BCUT2D eigenvalue weighted by atomic mass is 10.0. The van der Waals surface area contributed by atoms with Crippen molar-refractivity contribution in [2.24, 2.45) is 0 Å². The molecule has 0 unspecified atom stereocenters. The van der Waals surface area contributed by atoms with Crippen LogP contribution in [0.5, 0.6) is 0 Å². The van der Waals surface area contributed by atoms with Crippen LogP contribution in [0.15, 0.2) is 35.3 Å². The Balaban J connectivity index is 2.30. The van der Waals surface area contributed by atoms with E-state index in [1.165, 1.54) is 6.20 Å². The maximum absolute atomic E-state index is 11.0. The topological polar surface area (TPSA) is 55.4 Å². The Bertz CT molecular complexity index is 329. The largest absolute Gasteiger partial charge is 0.759 e. The predicted molar refractivity (Wildman–Crippen MR) is 48.1 cm³/mol. The minimum Gasteiger partial charge on any atom is -0.759 e. The summed E-state index contributed by atoms with van der Waals surface area (Å²) in [6.07, 6.45) is 6.54. The molecule has 4 nitrogen and oxygen atoms in total. The molecule has 0 saturated heterocycles. The smallest absolute Gasteiger partial charge is 0.166 e. The fraction of sp³-hybridized carbons (Fsp3) is 0.222. The third-order valence-corrected chi connectivity index (χ3v) is 2.09. The van der Waals surface area contributed by atoms with Gasteiger partial charge in [0.15, 0.2) is 6.29 Å². The predicted octanol–water partition coefficient (Wildman–Crippen LogP) is 0.644. The number of hydroxylamine groups is 2. The first-order chi connectivity index (χ1) is 6.29. The fourth-order valence-electron chi connectivity index (χ4n) is 1.40. The first-order valence-electron chi connectivity index (χ1n) is 4.08. The first-order valence-corrected chi connectivity index (χ1v) is 4.08. The number of nitrogens with one attached hydrogen (secondary N) is 1. The number of nitrogens with zero attached hydrogens (tertiary/aromatic N) is 1. The highest BCUT2D eigenvalue weighted by Gasteiger charge is 2.14. The molecule has 1 N–H and O–H groups in total. The summed E-state index contributed by atoms with van der Waals surface area (Å²) >= 11 is 0. The van der Waals surface area contributed by atoms with Crippen molar-refractivity contribution in [2.45, 2.75) is 6.42 Å². The quantitative estimate of drug-likeness (QED) is 0.597. The molecule has 0 saturated carbocycles. The zero-order valence-corrected chi connectivity index (χ0v) is 6.99. The summed E-state index contributed by atoms with van der Waals surface area (Å²) in [5, 5.41) is 14.7. The van der Waals surface area contributed by atoms with E-state index < -0.39 is 0 Å². The second kappa shape index (κ2) is 3.06. The van der Waals surface area contributed by atoms with Crippen LogP contribution < -0.4 is 5.32 Å². The van der Waals surface area contributed by atoms with E-state index >= 15 is 0 Å². The van der Waals surface area contributed by atoms with Crippen molar-refractivity contribution < 1.29 is 4.79 Å². The molecule has 0 aliphatic carbocycles. The van der Waals surface area contributed by atoms with Crippen molar-refractivity contribution in [1.29, 1.82) is 0 Å². The maximum Gasteiger partial charge on any atom is 0.166 e. The van der Waals surface area contributed by atoms with Crippen LogP contribution in [-0.4, -0.2) is 17.9 Å². The third kappa shape index (κ3) is 1.48. The first kappa shape index (κ1) is 8.07. The van der Waals surface area contributed by atoms with E-state index in [4.69, 9.17) is 0 Å². The molecule has 0 bridgehead atoms. The lowest BCUT2D eigenvalue weighted by Gasteiger charge is -2.34. The van der Waals surface area contributed by atoms with Gasteiger partial charge in [0.1, 0.15) is 0 Å². The summed E-state index contributed by atoms with van der Waals surface area (Å²) < 4.78 is 0. The van der Waals surface area contributed by atoms with Crippen molar-refractivity contribution in [3.05, 3.63) is 40.5 Å². The summed E-state index contributed by atoms with van der Waals surface area (Å²) in [4.78, 5) is 10.4. The molecule has 2 heterocycles. The van der Waals surface area contributed by atoms with Gasteiger partial charge in [-0.05, 0) is 18.1 Å². The van der Waals surface area contributed by atoms with E-state index in [-0.39, 0.29) is 0 Å². The highest BCUT2D eigenvalue weighted by Crippen LogP contribution is 2.22. The molecule has 0 aromatic heterocycles. The number of aldehydes is 1. The highest BCUT2D eigenvalue weighted by atomic mass is 16.5. The van der Waals surface area contributed by atoms with Crippen LogP contribution in [0.4, 0.5) is 0 Å². The second-order valence-electron chi connectivity index (χ2n) is 2.99. The Morgan fingerprint density at radius 2 is 2.38 bits per heavy atom. The molecule has 4 heteroatoms. The number of allylic oxidation sites excluding steroid dienone is 4. The Labute approximate surface area is 75.8 Å². The van der Waals surface area contributed by atoms with Gasteiger partial charge < -0.3 is 15.6 Å². The van der Waals surface area contributed by atoms with Crippen molar-refractivity contribution in [2.75, 3.05) is 6.54 Å². The van der Waals surface area contributed by atoms with Crippen molar-refractivity contribution in [3.8, 4) is 0 Å². The van der Waals surface area contributed by atoms with Crippen LogP contribution in [0.2, 0.25) is 0 Å². The minimum atomic E-state index is 0.487. The van der Waals surface area contributed by atoms with Crippen LogP contribution in [0.25, 0.3) is 0 Å². The van der Waals surface area contributed by atoms with Crippen molar-refractivity contribution >= 4 is 6.29 Å². The molecule has 0 aromatic carbocycles. The Hall–Kier alpha value is -1.55. The molecule has 2 aliphatic rings. The number of hydrogen-bond donors (Lipinski definition) is 1. The number of carbonyl (C=O) groups is 1. The van der Waals surface area contributed by atoms with Gasteiger partial charge in [-0.15, -0.1) is 0 Å². The number of hydrogen-bond acceptors (Lipinski definition) is 4. The monoisotopic (exact) mass is 177 g/mol. The molecule has 13 heavy (non-hydrogen) atoms. The maximum atomic E-state index is 11.0. The number of carbonyl (C=O) groups excluding carboxylic acids is 1. The normalized spacial score (nSPS) is 20.7. The molecule has 0 spiro atoms. The van der Waals surface area contributed by atoms with E-state index in [9.17, 15) is 10.0 Å². The molecule has 0 radical (unpaired) electrons. The van der Waals surface area contributed by atoms with Gasteiger partial charge in [0, 0.05) is 12.7 Å². The minimum absolute atomic E-state index is 0.487. The Morgan fingerprint density at radius 1 is 1.54 bits per heavy atom. The molecule has 0 amide bonds. The van der Waals surface area contributed by atoms with Crippen LogP contribution in [0.3, 0.4) is 0 Å². The summed E-state index contributed by atoms with van der Waals surface area (Å²) in [6, 6.07) is 0. The van der Waals surface area contributed by atoms with Gasteiger partial charge in [-0.3, -0.25) is 4.79 Å². The fourth-order valence-corrected chi connectivity index (χ4v) is 1.40. The van der Waals surface area contributed by atoms with Crippen LogP contribution in [0, 0.1) is 5.21 Å². The number of rotatable bonds is 1. The number of dihydropyridines is 1. The zero-order chi connectivity index (χ0) is 9.26. The summed E-state index contributed by atoms with van der Waals surface area (Å²) in [5.74, 6) is 0. The van der Waals surface area contributed by atoms with Crippen LogP contribution >= 0.6 is 0 Å². The molecule has 68 valence electrons. The molecule has 0 atom stereocenters. The van der Waals surface area contributed by atoms with Gasteiger partial charge in [0.25, 0.3) is 0 Å². The lowest BCUT2D eigenvalue weighted by molar-refractivity contribution is -0.105. The van der Waals surface area contributed by atoms with E-state index in [0.717, 1.165) is 29.0 Å². The van der Waals surface area contributed by atoms with E-state index in [0.29, 0.717) is 12.2 Å². The third-order valence-electron chi connectivity index (χ3n) is 2.09. The van der Waals surface area contributed by atoms with Gasteiger partial charge >= 0.3 is 0 Å². The Kier molecular flexibility index (Phi) is 1.90. The van der Waals surface area contributed by atoms with Gasteiger partial charge in [-0.2, -0.15) is 0 Å². The van der Waals surface area contributed by atoms with Gasteiger partial charge in [-0.1, -0.05) is 6.08 Å². The van der Waals surface area contributed by atoms with Crippen LogP contribution in [0.1, 0.15) is 6.42 Å². The van der Waals surface area contributed by atoms with Gasteiger partial charge in [-0.25, -0.2) is 0 Å². The average Bonchev–Trinajstić information content (AvgIpc) is 2.16. The van der Waals surface area contributed by atoms with E-state index in [1.54, 1.807) is 6.08 Å². The van der Waals surface area contributed by atoms with E-state index in [1.807, 2.05) is 6.08 Å². The summed E-state index contributed by atoms with van der Waals surface area (Å²) in [7, 11) is 0. The van der Waals surface area contributed by atoms with Gasteiger partial charge in [0.05, 0.1) is 11.4 Å². The van der Waals surface area contributed by atoms with Crippen molar-refractivity contribution in [3.63, 3.8) is 0 Å². The Morgan fingerprint density at radius 3 is 3.15 bits per heavy atom. The van der Waals surface area contributed by atoms with Gasteiger partial charge in [0.2, 0.25) is 0 Å². The second-order valence-corrected chi connectivity index (χ2v) is 2.99. The highest BCUT2D eigenvalue weighted by molar-refractivity contribution is 5.75. The molecular weight excluding hydrogens is 168 g/mol.